The topological polar surface area (TPSA) is 38.8 Å². The number of allylic oxidation sites excluding steroid dienone is 1. The number of carbonyl (C=O) groups is 1. The summed E-state index contributed by atoms with van der Waals surface area (Å²) in [5, 5.41) is 0. The summed E-state index contributed by atoms with van der Waals surface area (Å²) in [6.45, 7) is 6.73. The van der Waals surface area contributed by atoms with Gasteiger partial charge >= 0.3 is 0 Å². The molecule has 5 heteroatoms. The van der Waals surface area contributed by atoms with E-state index in [1.54, 1.807) is 26.0 Å². The maximum absolute atomic E-state index is 12.3. The second-order valence-electron chi connectivity index (χ2n) is 5.37. The van der Waals surface area contributed by atoms with Crippen molar-refractivity contribution in [2.75, 3.05) is 32.3 Å². The van der Waals surface area contributed by atoms with E-state index in [9.17, 15) is 4.79 Å². The Morgan fingerprint density at radius 1 is 1.22 bits per heavy atom. The van der Waals surface area contributed by atoms with Gasteiger partial charge in [-0.05, 0) is 43.7 Å². The molecule has 23 heavy (non-hydrogen) atoms. The summed E-state index contributed by atoms with van der Waals surface area (Å²) in [5.41, 5.74) is 2.23. The number of carbonyl (C=O) groups excluding carboxylic acids is 1. The van der Waals surface area contributed by atoms with Crippen molar-refractivity contribution < 1.29 is 14.3 Å². The van der Waals surface area contributed by atoms with Crippen molar-refractivity contribution in [3.8, 4) is 11.5 Å². The Morgan fingerprint density at radius 3 is 2.48 bits per heavy atom. The van der Waals surface area contributed by atoms with Gasteiger partial charge in [0.2, 0.25) is 5.91 Å². The highest BCUT2D eigenvalue weighted by molar-refractivity contribution is 7.99. The SMILES string of the molecule is CCSCC(=O)N(C=C(C)C)CCc1ccc(OC)c(OC)c1. The highest BCUT2D eigenvalue weighted by Gasteiger charge is 2.12. The van der Waals surface area contributed by atoms with Gasteiger partial charge in [-0.25, -0.2) is 0 Å². The summed E-state index contributed by atoms with van der Waals surface area (Å²) < 4.78 is 10.6. The van der Waals surface area contributed by atoms with Crippen LogP contribution in [0, 0.1) is 0 Å². The van der Waals surface area contributed by atoms with Crippen LogP contribution in [0.4, 0.5) is 0 Å². The van der Waals surface area contributed by atoms with Crippen LogP contribution in [-0.4, -0.2) is 43.1 Å². The fourth-order valence-corrected chi connectivity index (χ4v) is 2.68. The van der Waals surface area contributed by atoms with Crippen LogP contribution in [0.15, 0.2) is 30.0 Å². The summed E-state index contributed by atoms with van der Waals surface area (Å²) in [6, 6.07) is 5.87. The number of benzene rings is 1. The average molecular weight is 337 g/mol. The Bertz CT molecular complexity index is 539. The normalized spacial score (nSPS) is 10.1. The van der Waals surface area contributed by atoms with Crippen LogP contribution in [0.25, 0.3) is 0 Å². The van der Waals surface area contributed by atoms with E-state index in [4.69, 9.17) is 9.47 Å². The number of thioether (sulfide) groups is 1. The molecule has 0 N–H and O–H groups in total. The average Bonchev–Trinajstić information content (AvgIpc) is 2.55. The molecule has 0 aliphatic heterocycles. The molecule has 0 aliphatic rings. The lowest BCUT2D eigenvalue weighted by atomic mass is 10.1. The highest BCUT2D eigenvalue weighted by Crippen LogP contribution is 2.27. The zero-order valence-corrected chi connectivity index (χ0v) is 15.5. The van der Waals surface area contributed by atoms with Crippen LogP contribution >= 0.6 is 11.8 Å². The summed E-state index contributed by atoms with van der Waals surface area (Å²) in [7, 11) is 3.25. The summed E-state index contributed by atoms with van der Waals surface area (Å²) in [4.78, 5) is 14.1. The van der Waals surface area contributed by atoms with Gasteiger partial charge in [-0.1, -0.05) is 18.6 Å². The van der Waals surface area contributed by atoms with Crippen molar-refractivity contribution in [2.24, 2.45) is 0 Å². The molecule has 0 unspecified atom stereocenters. The smallest absolute Gasteiger partial charge is 0.236 e. The summed E-state index contributed by atoms with van der Waals surface area (Å²) in [5.74, 6) is 3.05. The molecule has 1 amide bonds. The quantitative estimate of drug-likeness (QED) is 0.688. The van der Waals surface area contributed by atoms with E-state index in [0.717, 1.165) is 23.3 Å². The zero-order chi connectivity index (χ0) is 17.2. The minimum atomic E-state index is 0.151. The molecule has 0 bridgehead atoms. The predicted molar refractivity (Wildman–Crippen MR) is 97.4 cm³/mol. The number of methoxy groups -OCH3 is 2. The van der Waals surface area contributed by atoms with Gasteiger partial charge in [-0.15, -0.1) is 0 Å². The van der Waals surface area contributed by atoms with Crippen LogP contribution in [0.1, 0.15) is 26.3 Å². The molecule has 0 saturated heterocycles. The van der Waals surface area contributed by atoms with Gasteiger partial charge < -0.3 is 14.4 Å². The molecule has 0 fully saturated rings. The molecule has 1 aromatic carbocycles. The number of ether oxygens (including phenoxy) is 2. The first-order valence-corrected chi connectivity index (χ1v) is 8.90. The van der Waals surface area contributed by atoms with E-state index in [2.05, 4.69) is 6.92 Å². The second-order valence-corrected chi connectivity index (χ2v) is 6.64. The predicted octanol–water partition coefficient (Wildman–Crippen LogP) is 3.75. The van der Waals surface area contributed by atoms with Crippen molar-refractivity contribution in [3.05, 3.63) is 35.5 Å². The third-order valence-electron chi connectivity index (χ3n) is 3.25. The first kappa shape index (κ1) is 19.4. The minimum Gasteiger partial charge on any atom is -0.493 e. The van der Waals surface area contributed by atoms with E-state index in [1.807, 2.05) is 43.1 Å². The number of hydrogen-bond acceptors (Lipinski definition) is 4. The monoisotopic (exact) mass is 337 g/mol. The van der Waals surface area contributed by atoms with Gasteiger partial charge in [-0.3, -0.25) is 4.79 Å². The standard InChI is InChI=1S/C18H27NO3S/c1-6-23-13-18(20)19(12-14(2)3)10-9-15-7-8-16(21-4)17(11-15)22-5/h7-8,11-12H,6,9-10,13H2,1-5H3. The molecular weight excluding hydrogens is 310 g/mol. The third kappa shape index (κ3) is 6.57. The maximum Gasteiger partial charge on any atom is 0.236 e. The second kappa shape index (κ2) is 10.2. The fraction of sp³-hybridized carbons (Fsp3) is 0.500. The Labute approximate surface area is 143 Å². The van der Waals surface area contributed by atoms with Crippen LogP contribution in [0.5, 0.6) is 11.5 Å². The number of rotatable bonds is 9. The van der Waals surface area contributed by atoms with E-state index >= 15 is 0 Å². The van der Waals surface area contributed by atoms with Crippen LogP contribution < -0.4 is 9.47 Å². The first-order valence-electron chi connectivity index (χ1n) is 7.75. The van der Waals surface area contributed by atoms with E-state index in [0.29, 0.717) is 23.8 Å². The number of hydrogen-bond donors (Lipinski definition) is 0. The molecule has 0 radical (unpaired) electrons. The molecule has 0 aromatic heterocycles. The van der Waals surface area contributed by atoms with E-state index in [-0.39, 0.29) is 5.91 Å². The lowest BCUT2D eigenvalue weighted by Crippen LogP contribution is -2.30. The van der Waals surface area contributed by atoms with Crippen LogP contribution in [0.2, 0.25) is 0 Å². The molecule has 0 heterocycles. The molecule has 0 spiro atoms. The fourth-order valence-electron chi connectivity index (χ4n) is 2.13. The maximum atomic E-state index is 12.3. The summed E-state index contributed by atoms with van der Waals surface area (Å²) >= 11 is 1.65. The van der Waals surface area contributed by atoms with Crippen molar-refractivity contribution in [3.63, 3.8) is 0 Å². The first-order chi connectivity index (χ1) is 11.0. The van der Waals surface area contributed by atoms with Gasteiger partial charge in [0.25, 0.3) is 0 Å². The lowest BCUT2D eigenvalue weighted by molar-refractivity contribution is -0.125. The molecule has 4 nitrogen and oxygen atoms in total. The zero-order valence-electron chi connectivity index (χ0n) is 14.7. The third-order valence-corrected chi connectivity index (χ3v) is 4.11. The molecule has 0 aliphatic carbocycles. The number of nitrogens with zero attached hydrogens (tertiary/aromatic N) is 1. The highest BCUT2D eigenvalue weighted by atomic mass is 32.2. The van der Waals surface area contributed by atoms with Gasteiger partial charge in [0.05, 0.1) is 20.0 Å². The van der Waals surface area contributed by atoms with E-state index < -0.39 is 0 Å². The Balaban J connectivity index is 2.77. The molecular formula is C18H27NO3S. The Kier molecular flexibility index (Phi) is 8.62. The van der Waals surface area contributed by atoms with Crippen molar-refractivity contribution in [1.29, 1.82) is 0 Å². The van der Waals surface area contributed by atoms with Crippen LogP contribution in [-0.2, 0) is 11.2 Å². The molecule has 0 atom stereocenters. The summed E-state index contributed by atoms with van der Waals surface area (Å²) in [6.07, 6.45) is 2.70. The largest absolute Gasteiger partial charge is 0.493 e. The van der Waals surface area contributed by atoms with Gasteiger partial charge in [-0.2, -0.15) is 11.8 Å². The Hall–Kier alpha value is -1.62. The van der Waals surface area contributed by atoms with Crippen molar-refractivity contribution in [1.82, 2.24) is 4.90 Å². The van der Waals surface area contributed by atoms with Gasteiger partial charge in [0, 0.05) is 12.7 Å². The van der Waals surface area contributed by atoms with Crippen LogP contribution in [0.3, 0.4) is 0 Å². The van der Waals surface area contributed by atoms with Gasteiger partial charge in [0.15, 0.2) is 11.5 Å². The molecule has 128 valence electrons. The lowest BCUT2D eigenvalue weighted by Gasteiger charge is -2.19. The van der Waals surface area contributed by atoms with Crippen molar-refractivity contribution in [2.45, 2.75) is 27.2 Å². The van der Waals surface area contributed by atoms with Gasteiger partial charge in [0.1, 0.15) is 0 Å². The molecule has 1 rings (SSSR count). The minimum absolute atomic E-state index is 0.151. The molecule has 0 saturated carbocycles. The van der Waals surface area contributed by atoms with E-state index in [1.165, 1.54) is 0 Å². The Morgan fingerprint density at radius 2 is 1.91 bits per heavy atom. The van der Waals surface area contributed by atoms with Crippen molar-refractivity contribution >= 4 is 17.7 Å². The molecule has 1 aromatic rings. The number of amides is 1.